The Morgan fingerprint density at radius 3 is 0.765 bits per heavy atom. The van der Waals surface area contributed by atoms with Crippen LogP contribution < -0.4 is 16.4 Å². The molecule has 0 N–H and O–H groups in total. The molecule has 0 aliphatic heterocycles. The molecule has 0 saturated heterocycles. The van der Waals surface area contributed by atoms with Crippen molar-refractivity contribution in [3.05, 3.63) is 83.3 Å². The highest BCUT2D eigenvalue weighted by Gasteiger charge is 2.36. The molecule has 0 heterocycles. The van der Waals surface area contributed by atoms with Gasteiger partial charge in [-0.05, 0) is 0 Å². The van der Waals surface area contributed by atoms with Crippen molar-refractivity contribution in [2.75, 3.05) is 0 Å². The normalized spacial score (nSPS) is 11.6. The number of benzene rings is 3. The monoisotopic (exact) mass is 593 g/mol. The molecule has 0 saturated carbocycles. The van der Waals surface area contributed by atoms with Crippen molar-refractivity contribution < 1.29 is 43.9 Å². The third-order valence-corrected chi connectivity index (χ3v) is 7.32. The van der Waals surface area contributed by atoms with Crippen LogP contribution in [-0.4, -0.2) is 6.71 Å². The van der Waals surface area contributed by atoms with Crippen molar-refractivity contribution in [2.45, 2.75) is 0 Å². The topological polar surface area (TPSA) is 0 Å². The minimum absolute atomic E-state index is 0.602. The highest BCUT2D eigenvalue weighted by atomic mass is 35.5. The molecule has 0 bridgehead atoms. The lowest BCUT2D eigenvalue weighted by atomic mass is 9.36. The molecule has 0 unspecified atom stereocenters. The van der Waals surface area contributed by atoms with Gasteiger partial charge in [0.2, 0.25) is 0 Å². The first-order valence-corrected chi connectivity index (χ1v) is 10.3. The van der Waals surface area contributed by atoms with Gasteiger partial charge in [-0.25, -0.2) is 43.9 Å². The van der Waals surface area contributed by atoms with Gasteiger partial charge in [-0.3, -0.25) is 0 Å². The minimum Gasteiger partial charge on any atom is -0.207 e. The maximum Gasteiger partial charge on any atom is 0.200 e. The Bertz CT molecular complexity index is 1130. The first kappa shape index (κ1) is 27.1. The molecule has 0 aliphatic carbocycles. The van der Waals surface area contributed by atoms with Crippen LogP contribution in [-0.2, 0) is 0 Å². The fraction of sp³-hybridized carbons (Fsp3) is 0. The molecule has 0 amide bonds. The maximum absolute atomic E-state index is 14.7. The van der Waals surface area contributed by atoms with E-state index in [0.29, 0.717) is 0 Å². The largest absolute Gasteiger partial charge is 0.207 e. The highest BCUT2D eigenvalue weighted by Crippen LogP contribution is 2.39. The summed E-state index contributed by atoms with van der Waals surface area (Å²) in [5, 5.41) is -4.06. The molecule has 0 aromatic heterocycles. The van der Waals surface area contributed by atoms with Crippen molar-refractivity contribution in [3.8, 4) is 0 Å². The number of hydrogen-bond donors (Lipinski definition) is 0. The van der Waals surface area contributed by atoms with Crippen molar-refractivity contribution in [1.82, 2.24) is 0 Å². The van der Waals surface area contributed by atoms with Gasteiger partial charge < -0.3 is 0 Å². The fourth-order valence-electron chi connectivity index (χ4n) is 3.41. The van der Waals surface area contributed by atoms with E-state index in [0.717, 1.165) is 0 Å². The van der Waals surface area contributed by atoms with Crippen molar-refractivity contribution >= 4 is 81.1 Å². The van der Waals surface area contributed by atoms with Gasteiger partial charge in [0.05, 0.1) is 21.8 Å². The van der Waals surface area contributed by atoms with E-state index >= 15 is 0 Å². The minimum atomic E-state index is -4.26. The average Bonchev–Trinajstić information content (AvgIpc) is 2.81. The predicted molar refractivity (Wildman–Crippen MR) is 110 cm³/mol. The van der Waals surface area contributed by atoms with E-state index in [2.05, 4.69) is 0 Å². The Morgan fingerprint density at radius 1 is 0.294 bits per heavy atom. The first-order valence-electron chi connectivity index (χ1n) is 8.40. The van der Waals surface area contributed by atoms with Crippen molar-refractivity contribution in [3.63, 3.8) is 0 Å². The summed E-state index contributed by atoms with van der Waals surface area (Å²) >= 11 is 29.3. The summed E-state index contributed by atoms with van der Waals surface area (Å²) in [6.45, 7) is -4.26. The second-order valence-corrected chi connectivity index (χ2v) is 8.57. The smallest absolute Gasteiger partial charge is 0.200 e. The second kappa shape index (κ2) is 9.50. The van der Waals surface area contributed by atoms with E-state index in [1.807, 2.05) is 0 Å². The Kier molecular flexibility index (Phi) is 7.56. The van der Waals surface area contributed by atoms with Crippen LogP contribution in [0.1, 0.15) is 0 Å². The predicted octanol–water partition coefficient (Wildman–Crippen LogP) is 6.59. The number of hydrogen-bond acceptors (Lipinski definition) is 0. The average molecular weight is 595 g/mol. The third kappa shape index (κ3) is 3.89. The lowest BCUT2D eigenvalue weighted by Crippen LogP contribution is -2.59. The van der Waals surface area contributed by atoms with Crippen LogP contribution in [0.25, 0.3) is 0 Å². The van der Waals surface area contributed by atoms with Crippen molar-refractivity contribution in [2.24, 2.45) is 0 Å². The molecule has 3 aromatic rings. The van der Waals surface area contributed by atoms with E-state index in [1.54, 1.807) is 0 Å². The summed E-state index contributed by atoms with van der Waals surface area (Å²) in [5.41, 5.74) is -5.06. The Labute approximate surface area is 208 Å². The summed E-state index contributed by atoms with van der Waals surface area (Å²) in [4.78, 5) is 0. The Hall–Kier alpha value is -1.53. The molecule has 34 heavy (non-hydrogen) atoms. The van der Waals surface area contributed by atoms with Gasteiger partial charge in [0.15, 0.2) is 34.9 Å². The van der Waals surface area contributed by atoms with Crippen LogP contribution in [0.5, 0.6) is 0 Å². The number of rotatable bonds is 3. The van der Waals surface area contributed by atoms with E-state index in [-0.39, 0.29) is 0 Å². The molecule has 0 radical (unpaired) electrons. The van der Waals surface area contributed by atoms with Gasteiger partial charge in [-0.1, -0.05) is 58.0 Å². The van der Waals surface area contributed by atoms with E-state index in [9.17, 15) is 43.9 Å². The molecule has 0 aliphatic rings. The molecule has 182 valence electrons. The first-order chi connectivity index (χ1) is 15.7. The van der Waals surface area contributed by atoms with E-state index < -0.39 is 106 Å². The standard InChI is InChI=1S/C18HBCl5F10/c20-4-1(5(21)7(23)8(24)6(4)22)19(2-9(25)13(29)17(33)14(30)10(2)26)3-11(27)15(31)18(34)16(32)12(3)28/h19H/q-1. The highest BCUT2D eigenvalue weighted by molar-refractivity contribution is 6.98. The quantitative estimate of drug-likeness (QED) is 0.139. The van der Waals surface area contributed by atoms with Gasteiger partial charge in [0, 0.05) is 10.0 Å². The van der Waals surface area contributed by atoms with Gasteiger partial charge in [-0.15, -0.1) is 10.9 Å². The zero-order chi connectivity index (χ0) is 26.0. The molecule has 0 spiro atoms. The molecule has 0 fully saturated rings. The molecule has 16 heteroatoms. The van der Waals surface area contributed by atoms with Gasteiger partial charge in [0.25, 0.3) is 0 Å². The molecular formula is C18HBCl5F10-. The summed E-state index contributed by atoms with van der Waals surface area (Å²) < 4.78 is 142. The Balaban J connectivity index is 2.68. The molecule has 0 atom stereocenters. The summed E-state index contributed by atoms with van der Waals surface area (Å²) in [6, 6.07) is 0. The summed E-state index contributed by atoms with van der Waals surface area (Å²) in [7, 11) is 0. The second-order valence-electron chi connectivity index (χ2n) is 6.68. The fourth-order valence-corrected chi connectivity index (χ4v) is 4.86. The van der Waals surface area contributed by atoms with Crippen LogP contribution >= 0.6 is 58.0 Å². The van der Waals surface area contributed by atoms with Crippen LogP contribution in [0.2, 0.25) is 25.1 Å². The van der Waals surface area contributed by atoms with E-state index in [1.165, 1.54) is 0 Å². The molecular weight excluding hydrogens is 594 g/mol. The summed E-state index contributed by atoms with van der Waals surface area (Å²) in [6.07, 6.45) is 0. The van der Waals surface area contributed by atoms with Gasteiger partial charge in [0.1, 0.15) is 23.3 Å². The lowest BCUT2D eigenvalue weighted by molar-refractivity contribution is 0.382. The van der Waals surface area contributed by atoms with Crippen LogP contribution in [0.3, 0.4) is 0 Å². The molecule has 3 rings (SSSR count). The molecule has 0 nitrogen and oxygen atoms in total. The maximum atomic E-state index is 14.7. The van der Waals surface area contributed by atoms with Crippen LogP contribution in [0, 0.1) is 58.2 Å². The SMILES string of the molecule is Fc1c(F)c(F)c([BH-](c2c(F)c(F)c(F)c(F)c2F)c2c(Cl)c(Cl)c(Cl)c(Cl)c2Cl)c(F)c1F. The van der Waals surface area contributed by atoms with Gasteiger partial charge >= 0.3 is 0 Å². The summed E-state index contributed by atoms with van der Waals surface area (Å²) in [5.74, 6) is -26.3. The third-order valence-electron chi connectivity index (χ3n) is 4.96. The van der Waals surface area contributed by atoms with Crippen molar-refractivity contribution in [1.29, 1.82) is 0 Å². The zero-order valence-corrected chi connectivity index (χ0v) is 19.2. The Morgan fingerprint density at radius 2 is 0.500 bits per heavy atom. The zero-order valence-electron chi connectivity index (χ0n) is 15.4. The molecule has 3 aromatic carbocycles. The van der Waals surface area contributed by atoms with Crippen LogP contribution in [0.15, 0.2) is 0 Å². The lowest BCUT2D eigenvalue weighted by Gasteiger charge is -2.31. The van der Waals surface area contributed by atoms with Crippen LogP contribution in [0.4, 0.5) is 43.9 Å². The number of halogens is 15. The van der Waals surface area contributed by atoms with Gasteiger partial charge in [-0.2, -0.15) is 5.46 Å². The van der Waals surface area contributed by atoms with E-state index in [4.69, 9.17) is 58.0 Å².